The van der Waals surface area contributed by atoms with Crippen molar-refractivity contribution in [3.8, 4) is 0 Å². The SMILES string of the molecule is CCC(CC)(OCc1ccc(C23CCC(OC)(CC2)CC3)cc1)C(=O)O. The number of carbonyl (C=O) groups is 1. The van der Waals surface area contributed by atoms with Crippen molar-refractivity contribution in [1.29, 1.82) is 0 Å². The summed E-state index contributed by atoms with van der Waals surface area (Å²) in [6.45, 7) is 4.08. The van der Waals surface area contributed by atoms with Gasteiger partial charge in [-0.1, -0.05) is 38.1 Å². The first-order valence-corrected chi connectivity index (χ1v) is 9.95. The minimum Gasteiger partial charge on any atom is -0.479 e. The molecule has 1 aromatic carbocycles. The number of aliphatic carboxylic acids is 1. The normalized spacial score (nSPS) is 28.3. The summed E-state index contributed by atoms with van der Waals surface area (Å²) in [5.41, 5.74) is 1.82. The van der Waals surface area contributed by atoms with E-state index in [1.54, 1.807) is 0 Å². The topological polar surface area (TPSA) is 55.8 Å². The quantitative estimate of drug-likeness (QED) is 0.721. The molecular formula is C22H32O4. The van der Waals surface area contributed by atoms with Crippen LogP contribution in [0.4, 0.5) is 0 Å². The molecule has 0 aromatic heterocycles. The number of carboxylic acid groups (broad SMARTS) is 1. The molecule has 0 heterocycles. The molecule has 0 atom stereocenters. The molecule has 3 aliphatic rings. The van der Waals surface area contributed by atoms with Crippen molar-refractivity contribution in [1.82, 2.24) is 0 Å². The molecular weight excluding hydrogens is 328 g/mol. The second kappa shape index (κ2) is 7.32. The number of rotatable bonds is 8. The summed E-state index contributed by atoms with van der Waals surface area (Å²) in [6, 6.07) is 8.66. The highest BCUT2D eigenvalue weighted by Gasteiger charge is 2.49. The van der Waals surface area contributed by atoms with Crippen LogP contribution in [0.2, 0.25) is 0 Å². The van der Waals surface area contributed by atoms with Crippen molar-refractivity contribution in [2.75, 3.05) is 7.11 Å². The lowest BCUT2D eigenvalue weighted by Gasteiger charge is -2.53. The Labute approximate surface area is 156 Å². The van der Waals surface area contributed by atoms with E-state index >= 15 is 0 Å². The van der Waals surface area contributed by atoms with Crippen LogP contribution in [0.1, 0.15) is 76.3 Å². The largest absolute Gasteiger partial charge is 0.479 e. The predicted octanol–water partition coefficient (Wildman–Crippen LogP) is 4.84. The highest BCUT2D eigenvalue weighted by atomic mass is 16.5. The zero-order chi connectivity index (χ0) is 18.8. The number of benzene rings is 1. The fourth-order valence-electron chi connectivity index (χ4n) is 4.88. The van der Waals surface area contributed by atoms with Gasteiger partial charge in [0.1, 0.15) is 0 Å². The van der Waals surface area contributed by atoms with Crippen LogP contribution in [0.3, 0.4) is 0 Å². The van der Waals surface area contributed by atoms with Gasteiger partial charge in [0.15, 0.2) is 5.60 Å². The van der Waals surface area contributed by atoms with E-state index in [-0.39, 0.29) is 5.60 Å². The minimum atomic E-state index is -1.08. The summed E-state index contributed by atoms with van der Waals surface area (Å²) in [7, 11) is 1.86. The molecule has 4 nitrogen and oxygen atoms in total. The van der Waals surface area contributed by atoms with Gasteiger partial charge in [0.05, 0.1) is 12.2 Å². The Morgan fingerprint density at radius 2 is 1.58 bits per heavy atom. The van der Waals surface area contributed by atoms with Crippen LogP contribution >= 0.6 is 0 Å². The van der Waals surface area contributed by atoms with E-state index < -0.39 is 11.6 Å². The Balaban J connectivity index is 1.67. The van der Waals surface area contributed by atoms with E-state index in [1.165, 1.54) is 24.8 Å². The van der Waals surface area contributed by atoms with E-state index in [0.717, 1.165) is 24.8 Å². The molecule has 1 N–H and O–H groups in total. The summed E-state index contributed by atoms with van der Waals surface area (Å²) in [5.74, 6) is -0.871. The standard InChI is InChI=1S/C22H32O4/c1-4-22(5-2,19(23)24)26-16-17-6-8-18(9-7-17)20-10-13-21(25-3,14-11-20)15-12-20/h6-9H,4-5,10-16H2,1-3H3,(H,23,24). The molecule has 144 valence electrons. The average Bonchev–Trinajstić information content (AvgIpc) is 2.71. The second-order valence-corrected chi connectivity index (χ2v) is 8.16. The van der Waals surface area contributed by atoms with Crippen LogP contribution < -0.4 is 0 Å². The molecule has 3 aliphatic carbocycles. The van der Waals surface area contributed by atoms with Gasteiger partial charge in [0, 0.05) is 7.11 Å². The van der Waals surface area contributed by atoms with Crippen LogP contribution in [-0.4, -0.2) is 29.4 Å². The third kappa shape index (κ3) is 3.29. The highest BCUT2D eigenvalue weighted by molar-refractivity contribution is 5.77. The molecule has 0 aliphatic heterocycles. The molecule has 4 heteroatoms. The van der Waals surface area contributed by atoms with Crippen LogP contribution in [0, 0.1) is 0 Å². The molecule has 2 bridgehead atoms. The highest BCUT2D eigenvalue weighted by Crippen LogP contribution is 2.54. The van der Waals surface area contributed by atoms with E-state index in [0.29, 0.717) is 24.9 Å². The van der Waals surface area contributed by atoms with E-state index in [1.807, 2.05) is 21.0 Å². The van der Waals surface area contributed by atoms with Gasteiger partial charge in [-0.05, 0) is 67.9 Å². The number of fused-ring (bicyclic) bond motifs is 3. The first kappa shape index (κ1) is 19.4. The third-order valence-electron chi connectivity index (χ3n) is 7.22. The van der Waals surface area contributed by atoms with Gasteiger partial charge < -0.3 is 14.6 Å². The number of ether oxygens (including phenoxy) is 2. The van der Waals surface area contributed by atoms with Crippen LogP contribution in [0.5, 0.6) is 0 Å². The van der Waals surface area contributed by atoms with Gasteiger partial charge in [0.25, 0.3) is 0 Å². The van der Waals surface area contributed by atoms with Gasteiger partial charge in [-0.15, -0.1) is 0 Å². The van der Waals surface area contributed by atoms with Crippen molar-refractivity contribution in [2.45, 2.75) is 88.4 Å². The van der Waals surface area contributed by atoms with Gasteiger partial charge >= 0.3 is 5.97 Å². The molecule has 3 fully saturated rings. The molecule has 0 saturated heterocycles. The van der Waals surface area contributed by atoms with E-state index in [2.05, 4.69) is 24.3 Å². The lowest BCUT2D eigenvalue weighted by molar-refractivity contribution is -0.169. The Morgan fingerprint density at radius 3 is 2.00 bits per heavy atom. The Hall–Kier alpha value is -1.39. The van der Waals surface area contributed by atoms with Gasteiger partial charge in [-0.3, -0.25) is 0 Å². The summed E-state index contributed by atoms with van der Waals surface area (Å²) >= 11 is 0. The van der Waals surface area contributed by atoms with Crippen molar-refractivity contribution < 1.29 is 19.4 Å². The molecule has 0 spiro atoms. The molecule has 3 saturated carbocycles. The fourth-order valence-corrected chi connectivity index (χ4v) is 4.88. The number of methoxy groups -OCH3 is 1. The van der Waals surface area contributed by atoms with Crippen LogP contribution in [-0.2, 0) is 26.3 Å². The second-order valence-electron chi connectivity index (χ2n) is 8.16. The average molecular weight is 360 g/mol. The van der Waals surface area contributed by atoms with Gasteiger partial charge in [-0.2, -0.15) is 0 Å². The maximum absolute atomic E-state index is 11.6. The van der Waals surface area contributed by atoms with E-state index in [9.17, 15) is 9.90 Å². The minimum absolute atomic E-state index is 0.135. The van der Waals surface area contributed by atoms with Crippen molar-refractivity contribution in [2.24, 2.45) is 0 Å². The lowest BCUT2D eigenvalue weighted by atomic mass is 9.56. The van der Waals surface area contributed by atoms with Crippen molar-refractivity contribution in [3.05, 3.63) is 35.4 Å². The number of hydrogen-bond acceptors (Lipinski definition) is 3. The first-order valence-electron chi connectivity index (χ1n) is 9.95. The van der Waals surface area contributed by atoms with Gasteiger partial charge in [0.2, 0.25) is 0 Å². The molecule has 0 unspecified atom stereocenters. The maximum atomic E-state index is 11.6. The van der Waals surface area contributed by atoms with Crippen molar-refractivity contribution >= 4 is 5.97 Å². The summed E-state index contributed by atoms with van der Waals surface area (Å²) in [4.78, 5) is 11.6. The van der Waals surface area contributed by atoms with Crippen molar-refractivity contribution in [3.63, 3.8) is 0 Å². The van der Waals surface area contributed by atoms with Crippen LogP contribution in [0.15, 0.2) is 24.3 Å². The van der Waals surface area contributed by atoms with Crippen LogP contribution in [0.25, 0.3) is 0 Å². The number of hydrogen-bond donors (Lipinski definition) is 1. The Bertz CT molecular complexity index is 606. The summed E-state index contributed by atoms with van der Waals surface area (Å²) in [5, 5.41) is 9.49. The smallest absolute Gasteiger partial charge is 0.335 e. The molecule has 0 amide bonds. The Morgan fingerprint density at radius 1 is 1.04 bits per heavy atom. The zero-order valence-corrected chi connectivity index (χ0v) is 16.3. The molecule has 1 aromatic rings. The summed E-state index contributed by atoms with van der Waals surface area (Å²) in [6.07, 6.45) is 8.01. The fraction of sp³-hybridized carbons (Fsp3) is 0.682. The number of carboxylic acids is 1. The Kier molecular flexibility index (Phi) is 5.45. The van der Waals surface area contributed by atoms with E-state index in [4.69, 9.17) is 9.47 Å². The van der Waals surface area contributed by atoms with Gasteiger partial charge in [-0.25, -0.2) is 4.79 Å². The molecule has 4 rings (SSSR count). The zero-order valence-electron chi connectivity index (χ0n) is 16.3. The molecule has 0 radical (unpaired) electrons. The first-order chi connectivity index (χ1) is 12.4. The summed E-state index contributed by atoms with van der Waals surface area (Å²) < 4.78 is 11.6. The molecule has 26 heavy (non-hydrogen) atoms. The maximum Gasteiger partial charge on any atom is 0.335 e. The monoisotopic (exact) mass is 360 g/mol. The lowest BCUT2D eigenvalue weighted by Crippen LogP contribution is -2.49. The predicted molar refractivity (Wildman–Crippen MR) is 101 cm³/mol. The third-order valence-corrected chi connectivity index (χ3v) is 7.22.